The first-order valence-corrected chi connectivity index (χ1v) is 10.3. The number of allylic oxidation sites excluding steroid dienone is 8. The van der Waals surface area contributed by atoms with Gasteiger partial charge in [0, 0.05) is 6.42 Å². The molecule has 0 aromatic heterocycles. The highest BCUT2D eigenvalue weighted by Gasteiger charge is 2.36. The summed E-state index contributed by atoms with van der Waals surface area (Å²) in [6.07, 6.45) is 28.5. The summed E-state index contributed by atoms with van der Waals surface area (Å²) >= 11 is 0. The van der Waals surface area contributed by atoms with Crippen molar-refractivity contribution in [2.24, 2.45) is 0 Å². The summed E-state index contributed by atoms with van der Waals surface area (Å²) in [7, 11) is 0. The maximum absolute atomic E-state index is 11.5. The van der Waals surface area contributed by atoms with E-state index in [0.717, 1.165) is 32.1 Å². The van der Waals surface area contributed by atoms with Crippen molar-refractivity contribution in [1.29, 1.82) is 0 Å². The molecule has 1 rings (SSSR count). The highest BCUT2D eigenvalue weighted by Crippen LogP contribution is 2.20. The molecule has 3 heteroatoms. The largest absolute Gasteiger partial charge is 0.391 e. The Kier molecular flexibility index (Phi) is 13.5. The Morgan fingerprint density at radius 2 is 1.38 bits per heavy atom. The van der Waals surface area contributed by atoms with Crippen LogP contribution in [0.4, 0.5) is 0 Å². The topological polar surface area (TPSA) is 49.3 Å². The fourth-order valence-electron chi connectivity index (χ4n) is 2.56. The van der Waals surface area contributed by atoms with Crippen LogP contribution in [0.25, 0.3) is 0 Å². The average molecular weight is 360 g/mol. The van der Waals surface area contributed by atoms with Gasteiger partial charge in [-0.3, -0.25) is 4.79 Å². The van der Waals surface area contributed by atoms with Gasteiger partial charge in [0.1, 0.15) is 0 Å². The summed E-state index contributed by atoms with van der Waals surface area (Å²) in [5, 5.41) is 12.0. The van der Waals surface area contributed by atoms with E-state index in [1.54, 1.807) is 0 Å². The van der Waals surface area contributed by atoms with Gasteiger partial charge in [0.25, 0.3) is 0 Å². The van der Waals surface area contributed by atoms with E-state index < -0.39 is 0 Å². The molecule has 1 saturated carbocycles. The Balaban J connectivity index is 1.88. The molecule has 0 radical (unpaired) electrons. The molecule has 0 aliphatic heterocycles. The molecule has 3 nitrogen and oxygen atoms in total. The molecule has 0 bridgehead atoms. The number of nitrogens with one attached hydrogen (secondary N) is 1. The van der Waals surface area contributed by atoms with Crippen LogP contribution in [0.5, 0.6) is 0 Å². The van der Waals surface area contributed by atoms with Crippen molar-refractivity contribution in [3.8, 4) is 0 Å². The molecule has 0 spiro atoms. The van der Waals surface area contributed by atoms with E-state index in [-0.39, 0.29) is 18.1 Å². The highest BCUT2D eigenvalue weighted by molar-refractivity contribution is 5.76. The Morgan fingerprint density at radius 1 is 0.885 bits per heavy atom. The van der Waals surface area contributed by atoms with Gasteiger partial charge >= 0.3 is 0 Å². The second-order valence-corrected chi connectivity index (χ2v) is 6.96. The third-order valence-corrected chi connectivity index (χ3v) is 4.34. The van der Waals surface area contributed by atoms with Crippen LogP contribution in [-0.4, -0.2) is 23.2 Å². The summed E-state index contributed by atoms with van der Waals surface area (Å²) in [5.41, 5.74) is 0. The normalized spacial score (nSPS) is 20.1. The molecule has 1 aliphatic rings. The van der Waals surface area contributed by atoms with Crippen LogP contribution < -0.4 is 5.32 Å². The number of hydrogen-bond donors (Lipinski definition) is 2. The van der Waals surface area contributed by atoms with Crippen LogP contribution in [0.2, 0.25) is 0 Å². The summed E-state index contributed by atoms with van der Waals surface area (Å²) in [6.45, 7) is 2.24. The number of hydrogen-bond acceptors (Lipinski definition) is 2. The Labute approximate surface area is 160 Å². The lowest BCUT2D eigenvalue weighted by molar-refractivity contribution is -0.121. The number of amides is 1. The SMILES string of the molecule is CCCCC/C=C\C/C=C\C/C=C\C/C=C\CCCC(=O)N[C@H]1C[C@H]1O. The van der Waals surface area contributed by atoms with Crippen molar-refractivity contribution in [2.75, 3.05) is 0 Å². The minimum Gasteiger partial charge on any atom is -0.391 e. The lowest BCUT2D eigenvalue weighted by Gasteiger charge is -2.01. The van der Waals surface area contributed by atoms with Gasteiger partial charge < -0.3 is 10.4 Å². The van der Waals surface area contributed by atoms with Crippen LogP contribution in [0, 0.1) is 0 Å². The Morgan fingerprint density at radius 3 is 1.88 bits per heavy atom. The summed E-state index contributed by atoms with van der Waals surface area (Å²) in [4.78, 5) is 11.5. The first-order valence-electron chi connectivity index (χ1n) is 10.3. The van der Waals surface area contributed by atoms with Gasteiger partial charge in [0.15, 0.2) is 0 Å². The van der Waals surface area contributed by atoms with Crippen molar-refractivity contribution in [3.63, 3.8) is 0 Å². The number of carbonyl (C=O) groups excluding carboxylic acids is 1. The first kappa shape index (κ1) is 22.4. The number of unbranched alkanes of at least 4 members (excludes halogenated alkanes) is 4. The summed E-state index contributed by atoms with van der Waals surface area (Å²) in [5.74, 6) is 0.0578. The standard InChI is InChI=1S/C23H37NO2/c1-2-3-4-5-6-7-8-9-10-11-12-13-14-15-16-17-18-19-23(26)24-21-20-22(21)25/h6-7,9-10,12-13,15-16,21-22,25H,2-5,8,11,14,17-20H2,1H3,(H,24,26)/b7-6-,10-9-,13-12-,16-15-/t21-,22+/m0/s1. The van der Waals surface area contributed by atoms with E-state index in [9.17, 15) is 4.79 Å². The summed E-state index contributed by atoms with van der Waals surface area (Å²) < 4.78 is 0. The molecular weight excluding hydrogens is 322 g/mol. The highest BCUT2D eigenvalue weighted by atomic mass is 16.3. The Bertz CT molecular complexity index is 477. The zero-order valence-corrected chi connectivity index (χ0v) is 16.4. The summed E-state index contributed by atoms with van der Waals surface area (Å²) in [6, 6.07) is 0.0130. The molecule has 26 heavy (non-hydrogen) atoms. The van der Waals surface area contributed by atoms with Gasteiger partial charge in [0.2, 0.25) is 5.91 Å². The fourth-order valence-corrected chi connectivity index (χ4v) is 2.56. The van der Waals surface area contributed by atoms with Crippen LogP contribution in [0.15, 0.2) is 48.6 Å². The van der Waals surface area contributed by atoms with Gasteiger partial charge in [-0.15, -0.1) is 0 Å². The molecule has 2 N–H and O–H groups in total. The third-order valence-electron chi connectivity index (χ3n) is 4.34. The quantitative estimate of drug-likeness (QED) is 0.304. The molecular formula is C23H37NO2. The zero-order valence-electron chi connectivity index (χ0n) is 16.4. The number of aliphatic hydroxyl groups is 1. The van der Waals surface area contributed by atoms with Crippen molar-refractivity contribution in [2.45, 2.75) is 89.7 Å². The smallest absolute Gasteiger partial charge is 0.220 e. The third kappa shape index (κ3) is 13.7. The van der Waals surface area contributed by atoms with E-state index >= 15 is 0 Å². The Hall–Kier alpha value is -1.61. The number of rotatable bonds is 15. The van der Waals surface area contributed by atoms with E-state index in [0.29, 0.717) is 12.8 Å². The van der Waals surface area contributed by atoms with Gasteiger partial charge in [-0.1, -0.05) is 68.4 Å². The molecule has 146 valence electrons. The fraction of sp³-hybridized carbons (Fsp3) is 0.609. The van der Waals surface area contributed by atoms with Gasteiger partial charge in [-0.05, 0) is 51.4 Å². The van der Waals surface area contributed by atoms with E-state index in [1.807, 2.05) is 0 Å². The van der Waals surface area contributed by atoms with Gasteiger partial charge in [-0.25, -0.2) is 0 Å². The predicted octanol–water partition coefficient (Wildman–Crippen LogP) is 5.38. The zero-order chi connectivity index (χ0) is 18.9. The van der Waals surface area contributed by atoms with Crippen LogP contribution in [0.1, 0.15) is 77.6 Å². The molecule has 0 aromatic rings. The monoisotopic (exact) mass is 359 g/mol. The molecule has 1 amide bonds. The molecule has 1 fully saturated rings. The number of aliphatic hydroxyl groups excluding tert-OH is 1. The minimum atomic E-state index is -0.313. The molecule has 0 heterocycles. The molecule has 0 unspecified atom stereocenters. The molecule has 2 atom stereocenters. The number of carbonyl (C=O) groups is 1. The lowest BCUT2D eigenvalue weighted by atomic mass is 10.2. The van der Waals surface area contributed by atoms with E-state index in [4.69, 9.17) is 5.11 Å². The van der Waals surface area contributed by atoms with Crippen LogP contribution >= 0.6 is 0 Å². The maximum atomic E-state index is 11.5. The predicted molar refractivity (Wildman–Crippen MR) is 111 cm³/mol. The van der Waals surface area contributed by atoms with Crippen molar-refractivity contribution >= 4 is 5.91 Å². The van der Waals surface area contributed by atoms with Crippen molar-refractivity contribution in [3.05, 3.63) is 48.6 Å². The van der Waals surface area contributed by atoms with Gasteiger partial charge in [-0.2, -0.15) is 0 Å². The minimum absolute atomic E-state index is 0.0130. The lowest BCUT2D eigenvalue weighted by Crippen LogP contribution is -2.27. The second kappa shape index (κ2) is 15.6. The van der Waals surface area contributed by atoms with Crippen molar-refractivity contribution < 1.29 is 9.90 Å². The first-order chi connectivity index (χ1) is 12.7. The van der Waals surface area contributed by atoms with E-state index in [2.05, 4.69) is 60.8 Å². The van der Waals surface area contributed by atoms with E-state index in [1.165, 1.54) is 25.7 Å². The molecule has 0 aromatic carbocycles. The van der Waals surface area contributed by atoms with Crippen LogP contribution in [0.3, 0.4) is 0 Å². The van der Waals surface area contributed by atoms with Crippen molar-refractivity contribution in [1.82, 2.24) is 5.32 Å². The maximum Gasteiger partial charge on any atom is 0.220 e. The average Bonchev–Trinajstić information content (AvgIpc) is 3.32. The molecule has 1 aliphatic carbocycles. The van der Waals surface area contributed by atoms with Crippen LogP contribution in [-0.2, 0) is 4.79 Å². The second-order valence-electron chi connectivity index (χ2n) is 6.96. The van der Waals surface area contributed by atoms with Gasteiger partial charge in [0.05, 0.1) is 12.1 Å². The molecule has 0 saturated heterocycles.